The van der Waals surface area contributed by atoms with Crippen molar-refractivity contribution in [1.29, 1.82) is 0 Å². The zero-order chi connectivity index (χ0) is 24.9. The van der Waals surface area contributed by atoms with E-state index in [0.717, 1.165) is 0 Å². The molecule has 0 aliphatic rings. The molecule has 0 aromatic rings. The number of aliphatic hydroxyl groups is 6. The van der Waals surface area contributed by atoms with Crippen molar-refractivity contribution in [3.05, 3.63) is 0 Å². The van der Waals surface area contributed by atoms with Gasteiger partial charge >= 0.3 is 35.8 Å². The van der Waals surface area contributed by atoms with Gasteiger partial charge in [0.15, 0.2) is 36.6 Å². The van der Waals surface area contributed by atoms with Crippen molar-refractivity contribution < 1.29 is 171 Å². The van der Waals surface area contributed by atoms with Crippen LogP contribution in [0.2, 0.25) is 0 Å². The molecule has 18 nitrogen and oxygen atoms in total. The van der Waals surface area contributed by atoms with E-state index in [2.05, 4.69) is 0 Å². The molecule has 0 radical (unpaired) electrons. The molecule has 186 valence electrons. The summed E-state index contributed by atoms with van der Waals surface area (Å²) in [6.45, 7) is 0. The number of rotatable bonds is 9. The van der Waals surface area contributed by atoms with Gasteiger partial charge in [0.1, 0.15) is 0 Å². The van der Waals surface area contributed by atoms with Crippen LogP contribution in [0.4, 0.5) is 0 Å². The summed E-state index contributed by atoms with van der Waals surface area (Å²) in [4.78, 5) is 58.6. The van der Waals surface area contributed by atoms with Gasteiger partial charge in [0.25, 0.3) is 0 Å². The van der Waals surface area contributed by atoms with Crippen LogP contribution >= 0.6 is 0 Å². The summed E-state index contributed by atoms with van der Waals surface area (Å²) in [6.07, 6.45) is -13.6. The Hall–Kier alpha value is -0.745. The summed E-state index contributed by atoms with van der Waals surface area (Å²) in [5.74, 6) is -10.6. The number of aliphatic carboxylic acids is 6. The Bertz CT molecular complexity index is 498. The molecule has 12 N–H and O–H groups in total. The van der Waals surface area contributed by atoms with E-state index in [0.29, 0.717) is 0 Å². The molecule has 0 aliphatic carbocycles. The van der Waals surface area contributed by atoms with Crippen molar-refractivity contribution in [3.63, 3.8) is 0 Å². The number of carbonyl (C=O) groups is 6. The minimum Gasteiger partial charge on any atom is -0.479 e. The predicted octanol–water partition coefficient (Wildman–Crippen LogP) is -6.37. The van der Waals surface area contributed by atoms with Gasteiger partial charge in [0, 0.05) is 80.8 Å². The standard InChI is InChI=1S/3C4H6O6.2Sm/c3*5-1(3(7)8)2(6)4(9)10;;/h3*1-2,5-6H,(H,7,8)(H,9,10);;. The van der Waals surface area contributed by atoms with Gasteiger partial charge in [-0.15, -0.1) is 0 Å². The molecule has 0 fully saturated rings. The summed E-state index contributed by atoms with van der Waals surface area (Å²) in [5.41, 5.74) is 0. The quantitative estimate of drug-likeness (QED) is 0.104. The molecule has 0 aromatic heterocycles. The number of aliphatic hydroxyl groups excluding tert-OH is 6. The van der Waals surface area contributed by atoms with Gasteiger partial charge in [0.05, 0.1) is 0 Å². The Morgan fingerprint density at radius 1 is 0.312 bits per heavy atom. The van der Waals surface area contributed by atoms with Crippen LogP contribution in [-0.2, 0) is 28.8 Å². The van der Waals surface area contributed by atoms with Gasteiger partial charge < -0.3 is 61.3 Å². The van der Waals surface area contributed by atoms with Gasteiger partial charge in [-0.2, -0.15) is 0 Å². The monoisotopic (exact) mass is 754 g/mol. The average Bonchev–Trinajstić information content (AvgIpc) is 2.64. The second kappa shape index (κ2) is 20.8. The maximum atomic E-state index is 9.77. The first-order valence-corrected chi connectivity index (χ1v) is 6.85. The SMILES string of the molecule is O=C(O)C(O)C(O)C(=O)O.O=C(O)C(O)C(O)C(=O)O.O=C(O)C(O)C(O)C(=O)O.[Sm].[Sm]. The van der Waals surface area contributed by atoms with E-state index in [4.69, 9.17) is 61.3 Å². The molecule has 0 aromatic carbocycles. The minimum atomic E-state index is -2.27. The van der Waals surface area contributed by atoms with E-state index < -0.39 is 72.4 Å². The Kier molecular flexibility index (Phi) is 27.0. The predicted molar refractivity (Wildman–Crippen MR) is 81.9 cm³/mol. The molecule has 0 rings (SSSR count). The zero-order valence-electron chi connectivity index (χ0n) is 15.1. The van der Waals surface area contributed by atoms with Crippen molar-refractivity contribution in [2.24, 2.45) is 0 Å². The van der Waals surface area contributed by atoms with Gasteiger partial charge in [-0.05, 0) is 0 Å². The summed E-state index contributed by atoms with van der Waals surface area (Å²) >= 11 is 0. The van der Waals surface area contributed by atoms with Crippen LogP contribution in [0.5, 0.6) is 0 Å². The van der Waals surface area contributed by atoms with E-state index in [1.807, 2.05) is 0 Å². The molecule has 0 saturated heterocycles. The Labute approximate surface area is 240 Å². The fourth-order valence-corrected chi connectivity index (χ4v) is 0.810. The average molecular weight is 751 g/mol. The maximum absolute atomic E-state index is 9.77. The summed E-state index contributed by atoms with van der Waals surface area (Å²) in [6, 6.07) is 0. The molecule has 32 heavy (non-hydrogen) atoms. The number of hydrogen-bond donors (Lipinski definition) is 12. The van der Waals surface area contributed by atoms with E-state index >= 15 is 0 Å². The van der Waals surface area contributed by atoms with E-state index in [1.54, 1.807) is 0 Å². The molecule has 6 unspecified atom stereocenters. The minimum absolute atomic E-state index is 0. The van der Waals surface area contributed by atoms with Crippen LogP contribution in [0, 0.1) is 80.8 Å². The van der Waals surface area contributed by atoms with Crippen molar-refractivity contribution in [2.45, 2.75) is 36.6 Å². The number of carboxylic acid groups (broad SMARTS) is 6. The van der Waals surface area contributed by atoms with Gasteiger partial charge in [-0.3, -0.25) is 0 Å². The first kappa shape index (κ1) is 41.5. The van der Waals surface area contributed by atoms with Crippen LogP contribution in [0.3, 0.4) is 0 Å². The van der Waals surface area contributed by atoms with Crippen molar-refractivity contribution in [3.8, 4) is 0 Å². The third kappa shape index (κ3) is 18.8. The third-order valence-corrected chi connectivity index (χ3v) is 2.42. The molecule has 0 bridgehead atoms. The second-order valence-electron chi connectivity index (χ2n) is 4.70. The molecule has 20 heteroatoms. The summed E-state index contributed by atoms with van der Waals surface area (Å²) in [5, 5.41) is 97.6. The normalized spacial score (nSPS) is 14.8. The number of carboxylic acids is 6. The van der Waals surface area contributed by atoms with Crippen LogP contribution in [-0.4, -0.2) is 134 Å². The Morgan fingerprint density at radius 3 is 0.406 bits per heavy atom. The van der Waals surface area contributed by atoms with E-state index in [1.165, 1.54) is 0 Å². The largest absolute Gasteiger partial charge is 0.479 e. The molecular formula is C12H18O18Sm2. The van der Waals surface area contributed by atoms with Crippen LogP contribution < -0.4 is 0 Å². The molecule has 0 aliphatic heterocycles. The van der Waals surface area contributed by atoms with Gasteiger partial charge in [-0.25, -0.2) is 28.8 Å². The van der Waals surface area contributed by atoms with Crippen molar-refractivity contribution in [2.75, 3.05) is 0 Å². The molecule has 0 heterocycles. The van der Waals surface area contributed by atoms with E-state index in [-0.39, 0.29) is 80.8 Å². The molecule has 0 spiro atoms. The van der Waals surface area contributed by atoms with Crippen LogP contribution in [0.15, 0.2) is 0 Å². The first-order chi connectivity index (χ1) is 13.4. The topological polar surface area (TPSA) is 345 Å². The zero-order valence-corrected chi connectivity index (χ0v) is 20.3. The van der Waals surface area contributed by atoms with Gasteiger partial charge in [-0.1, -0.05) is 0 Å². The van der Waals surface area contributed by atoms with Crippen molar-refractivity contribution in [1.82, 2.24) is 0 Å². The molecule has 0 saturated carbocycles. The Balaban J connectivity index is -0.000000110. The third-order valence-electron chi connectivity index (χ3n) is 2.42. The fourth-order valence-electron chi connectivity index (χ4n) is 0.810. The van der Waals surface area contributed by atoms with E-state index in [9.17, 15) is 28.8 Å². The van der Waals surface area contributed by atoms with Crippen LogP contribution in [0.25, 0.3) is 0 Å². The molecule has 0 amide bonds. The first-order valence-electron chi connectivity index (χ1n) is 6.85. The fraction of sp³-hybridized carbons (Fsp3) is 0.500. The second-order valence-corrected chi connectivity index (χ2v) is 4.70. The maximum Gasteiger partial charge on any atom is 0.335 e. The van der Waals surface area contributed by atoms with Gasteiger partial charge in [0.2, 0.25) is 0 Å². The molecule has 6 atom stereocenters. The Morgan fingerprint density at radius 2 is 0.375 bits per heavy atom. The number of hydrogen-bond acceptors (Lipinski definition) is 12. The van der Waals surface area contributed by atoms with Crippen molar-refractivity contribution >= 4 is 35.8 Å². The summed E-state index contributed by atoms with van der Waals surface area (Å²) in [7, 11) is 0. The summed E-state index contributed by atoms with van der Waals surface area (Å²) < 4.78 is 0. The smallest absolute Gasteiger partial charge is 0.335 e. The van der Waals surface area contributed by atoms with Crippen LogP contribution in [0.1, 0.15) is 0 Å². The molecular weight excluding hydrogens is 733 g/mol.